The van der Waals surface area contributed by atoms with Gasteiger partial charge in [0.2, 0.25) is 11.8 Å². The van der Waals surface area contributed by atoms with Crippen LogP contribution < -0.4 is 16.8 Å². The quantitative estimate of drug-likeness (QED) is 0.595. The molecule has 0 aliphatic heterocycles. The Morgan fingerprint density at radius 1 is 1.11 bits per heavy atom. The summed E-state index contributed by atoms with van der Waals surface area (Å²) in [7, 11) is 0. The van der Waals surface area contributed by atoms with Crippen molar-refractivity contribution in [1.29, 1.82) is 0 Å². The number of primary amides is 2. The molecular weight excluding hydrogens is 238 g/mol. The van der Waals surface area contributed by atoms with Crippen LogP contribution in [0.5, 0.6) is 0 Å². The number of carbonyl (C=O) groups excluding carboxylic acids is 3. The number of benzene rings is 1. The van der Waals surface area contributed by atoms with E-state index >= 15 is 0 Å². The van der Waals surface area contributed by atoms with Gasteiger partial charge < -0.3 is 21.5 Å². The van der Waals surface area contributed by atoms with Gasteiger partial charge in [-0.3, -0.25) is 9.59 Å². The minimum atomic E-state index is -1.58. The second-order valence-electron chi connectivity index (χ2n) is 3.44. The number of nitrogens with two attached hydrogens (primary N) is 2. The molecule has 0 spiro atoms. The Kier molecular flexibility index (Phi) is 4.67. The van der Waals surface area contributed by atoms with Gasteiger partial charge in [-0.1, -0.05) is 30.3 Å². The number of rotatable bonds is 5. The van der Waals surface area contributed by atoms with E-state index in [1.165, 1.54) is 0 Å². The van der Waals surface area contributed by atoms with Gasteiger partial charge in [0.1, 0.15) is 6.61 Å². The van der Waals surface area contributed by atoms with Crippen molar-refractivity contribution in [2.75, 3.05) is 0 Å². The molecule has 0 aromatic heterocycles. The molecule has 0 radical (unpaired) electrons. The highest BCUT2D eigenvalue weighted by molar-refractivity contribution is 6.05. The maximum atomic E-state index is 11.3. The molecule has 7 nitrogen and oxygen atoms in total. The minimum Gasteiger partial charge on any atom is -0.445 e. The molecule has 18 heavy (non-hydrogen) atoms. The topological polar surface area (TPSA) is 125 Å². The standard InChI is InChI=1S/C11H13N3O4/c12-9(15)8(10(13)16)14-11(17)18-6-7-4-2-1-3-5-7/h1-5,8H,6H2,(H2,12,15)(H2,13,16)(H,14,17). The summed E-state index contributed by atoms with van der Waals surface area (Å²) in [4.78, 5) is 32.9. The first-order valence-corrected chi connectivity index (χ1v) is 5.06. The van der Waals surface area contributed by atoms with Gasteiger partial charge in [-0.25, -0.2) is 4.79 Å². The van der Waals surface area contributed by atoms with E-state index in [4.69, 9.17) is 16.2 Å². The summed E-state index contributed by atoms with van der Waals surface area (Å²) >= 11 is 0. The molecule has 0 saturated carbocycles. The normalized spacial score (nSPS) is 9.83. The van der Waals surface area contributed by atoms with Crippen molar-refractivity contribution >= 4 is 17.9 Å². The maximum absolute atomic E-state index is 11.3. The molecule has 0 atom stereocenters. The number of amides is 3. The molecule has 0 aliphatic rings. The third kappa shape index (κ3) is 4.12. The average Bonchev–Trinajstić information content (AvgIpc) is 2.34. The lowest BCUT2D eigenvalue weighted by Crippen LogP contribution is -2.52. The first-order valence-electron chi connectivity index (χ1n) is 5.06. The Morgan fingerprint density at radius 2 is 1.67 bits per heavy atom. The van der Waals surface area contributed by atoms with Gasteiger partial charge in [-0.15, -0.1) is 0 Å². The maximum Gasteiger partial charge on any atom is 0.408 e. The van der Waals surface area contributed by atoms with E-state index < -0.39 is 23.9 Å². The number of ether oxygens (including phenoxy) is 1. The number of alkyl carbamates (subject to hydrolysis) is 1. The van der Waals surface area contributed by atoms with Crippen LogP contribution in [0.25, 0.3) is 0 Å². The predicted octanol–water partition coefficient (Wildman–Crippen LogP) is -0.748. The van der Waals surface area contributed by atoms with Crippen LogP contribution in [-0.4, -0.2) is 23.9 Å². The van der Waals surface area contributed by atoms with E-state index in [1.807, 2.05) is 11.4 Å². The molecule has 96 valence electrons. The third-order valence-electron chi connectivity index (χ3n) is 2.04. The van der Waals surface area contributed by atoms with Gasteiger partial charge in [0.15, 0.2) is 6.04 Å². The molecule has 7 heteroatoms. The van der Waals surface area contributed by atoms with Gasteiger partial charge in [-0.05, 0) is 5.56 Å². The van der Waals surface area contributed by atoms with Crippen molar-refractivity contribution in [2.45, 2.75) is 12.6 Å². The van der Waals surface area contributed by atoms with E-state index in [1.54, 1.807) is 24.3 Å². The Balaban J connectivity index is 2.46. The SMILES string of the molecule is NC(=O)C(NC(=O)OCc1ccccc1)C(N)=O. The summed E-state index contributed by atoms with van der Waals surface area (Å²) in [5.41, 5.74) is 10.5. The summed E-state index contributed by atoms with van der Waals surface area (Å²) in [6.45, 7) is 0.0108. The second-order valence-corrected chi connectivity index (χ2v) is 3.44. The smallest absolute Gasteiger partial charge is 0.408 e. The predicted molar refractivity (Wildman–Crippen MR) is 61.9 cm³/mol. The molecule has 0 bridgehead atoms. The summed E-state index contributed by atoms with van der Waals surface area (Å²) < 4.78 is 4.79. The minimum absolute atomic E-state index is 0.0108. The average molecular weight is 251 g/mol. The molecule has 1 aromatic carbocycles. The summed E-state index contributed by atoms with van der Waals surface area (Å²) in [5, 5.41) is 1.98. The Morgan fingerprint density at radius 3 is 2.17 bits per heavy atom. The largest absolute Gasteiger partial charge is 0.445 e. The zero-order valence-corrected chi connectivity index (χ0v) is 9.46. The van der Waals surface area contributed by atoms with Gasteiger partial charge >= 0.3 is 6.09 Å². The van der Waals surface area contributed by atoms with Crippen LogP contribution in [0.3, 0.4) is 0 Å². The van der Waals surface area contributed by atoms with Gasteiger partial charge in [0, 0.05) is 0 Å². The fourth-order valence-corrected chi connectivity index (χ4v) is 1.17. The second kappa shape index (κ2) is 6.24. The molecule has 0 saturated heterocycles. The van der Waals surface area contributed by atoms with Gasteiger partial charge in [0.05, 0.1) is 0 Å². The van der Waals surface area contributed by atoms with Crippen molar-refractivity contribution in [3.63, 3.8) is 0 Å². The molecule has 0 heterocycles. The number of nitrogens with one attached hydrogen (secondary N) is 1. The Labute approximate surface area is 103 Å². The molecule has 0 aliphatic carbocycles. The lowest BCUT2D eigenvalue weighted by molar-refractivity contribution is -0.128. The number of carbonyl (C=O) groups is 3. The van der Waals surface area contributed by atoms with E-state index in [0.717, 1.165) is 5.56 Å². The molecule has 5 N–H and O–H groups in total. The Hall–Kier alpha value is -2.57. The van der Waals surface area contributed by atoms with Crippen LogP contribution in [0.15, 0.2) is 30.3 Å². The molecule has 1 aromatic rings. The van der Waals surface area contributed by atoms with Crippen LogP contribution in [0.1, 0.15) is 5.56 Å². The van der Waals surface area contributed by atoms with Gasteiger partial charge in [-0.2, -0.15) is 0 Å². The highest BCUT2D eigenvalue weighted by Crippen LogP contribution is 2.00. The highest BCUT2D eigenvalue weighted by atomic mass is 16.5. The van der Waals surface area contributed by atoms with Crippen LogP contribution in [-0.2, 0) is 20.9 Å². The van der Waals surface area contributed by atoms with E-state index in [2.05, 4.69) is 0 Å². The highest BCUT2D eigenvalue weighted by Gasteiger charge is 2.24. The van der Waals surface area contributed by atoms with Crippen LogP contribution >= 0.6 is 0 Å². The van der Waals surface area contributed by atoms with E-state index in [-0.39, 0.29) is 6.61 Å². The Bertz CT molecular complexity index is 433. The van der Waals surface area contributed by atoms with Crippen LogP contribution in [0.4, 0.5) is 4.79 Å². The zero-order chi connectivity index (χ0) is 13.5. The van der Waals surface area contributed by atoms with Crippen molar-refractivity contribution in [3.8, 4) is 0 Å². The molecule has 0 fully saturated rings. The third-order valence-corrected chi connectivity index (χ3v) is 2.04. The summed E-state index contributed by atoms with van der Waals surface area (Å²) in [6.07, 6.45) is -0.943. The molecule has 3 amide bonds. The fourth-order valence-electron chi connectivity index (χ4n) is 1.17. The van der Waals surface area contributed by atoms with Crippen molar-refractivity contribution < 1.29 is 19.1 Å². The first kappa shape index (κ1) is 13.5. The number of hydrogen-bond acceptors (Lipinski definition) is 4. The molecule has 1 rings (SSSR count). The summed E-state index contributed by atoms with van der Waals surface area (Å²) in [6, 6.07) is 7.33. The van der Waals surface area contributed by atoms with Crippen LogP contribution in [0.2, 0.25) is 0 Å². The van der Waals surface area contributed by atoms with Crippen molar-refractivity contribution in [2.24, 2.45) is 11.5 Å². The monoisotopic (exact) mass is 251 g/mol. The van der Waals surface area contributed by atoms with Gasteiger partial charge in [0.25, 0.3) is 0 Å². The lowest BCUT2D eigenvalue weighted by atomic mass is 10.2. The van der Waals surface area contributed by atoms with Crippen molar-refractivity contribution in [1.82, 2.24) is 5.32 Å². The lowest BCUT2D eigenvalue weighted by Gasteiger charge is -2.12. The molecular formula is C11H13N3O4. The zero-order valence-electron chi connectivity index (χ0n) is 9.46. The van der Waals surface area contributed by atoms with Crippen LogP contribution in [0, 0.1) is 0 Å². The summed E-state index contributed by atoms with van der Waals surface area (Å²) in [5.74, 6) is -2.08. The molecule has 0 unspecified atom stereocenters. The fraction of sp³-hybridized carbons (Fsp3) is 0.182. The number of hydrogen-bond donors (Lipinski definition) is 3. The first-order chi connectivity index (χ1) is 8.50. The van der Waals surface area contributed by atoms with E-state index in [9.17, 15) is 14.4 Å². The van der Waals surface area contributed by atoms with E-state index in [0.29, 0.717) is 0 Å². The van der Waals surface area contributed by atoms with Crippen molar-refractivity contribution in [3.05, 3.63) is 35.9 Å².